The average molecular weight is 431 g/mol. The number of carboxylic acid groups (broad SMARTS) is 1. The van der Waals surface area contributed by atoms with Crippen LogP contribution < -0.4 is 10.1 Å². The molecule has 3 aromatic carbocycles. The van der Waals surface area contributed by atoms with E-state index in [2.05, 4.69) is 17.4 Å². The number of alkyl carbamates (subject to hydrolysis) is 1. The predicted octanol–water partition coefficient (Wildman–Crippen LogP) is 4.62. The summed E-state index contributed by atoms with van der Waals surface area (Å²) in [5.74, 6) is -0.618. The van der Waals surface area contributed by atoms with Gasteiger partial charge in [0.15, 0.2) is 0 Å². The van der Waals surface area contributed by atoms with Gasteiger partial charge < -0.3 is 19.9 Å². The fourth-order valence-corrected chi connectivity index (χ4v) is 4.22. The van der Waals surface area contributed by atoms with Crippen molar-refractivity contribution < 1.29 is 24.2 Å². The zero-order valence-corrected chi connectivity index (χ0v) is 18.0. The molecule has 1 aliphatic carbocycles. The van der Waals surface area contributed by atoms with Gasteiger partial charge in [-0.05, 0) is 46.9 Å². The van der Waals surface area contributed by atoms with Gasteiger partial charge in [0.05, 0.1) is 7.11 Å². The fraction of sp³-hybridized carbons (Fsp3) is 0.231. The number of carbonyl (C=O) groups is 2. The number of carboxylic acids is 1. The molecule has 0 unspecified atom stereocenters. The number of aliphatic carboxylic acids is 1. The summed E-state index contributed by atoms with van der Waals surface area (Å²) in [5, 5.41) is 12.4. The van der Waals surface area contributed by atoms with E-state index in [1.165, 1.54) is 6.92 Å². The molecular formula is C26H25NO5. The Kier molecular flexibility index (Phi) is 5.86. The van der Waals surface area contributed by atoms with Gasteiger partial charge in [-0.3, -0.25) is 0 Å². The van der Waals surface area contributed by atoms with Crippen molar-refractivity contribution in [2.75, 3.05) is 13.7 Å². The Morgan fingerprint density at radius 1 is 0.969 bits per heavy atom. The van der Waals surface area contributed by atoms with Crippen molar-refractivity contribution in [3.63, 3.8) is 0 Å². The number of amides is 1. The SMILES string of the molecule is COc1cccc(C[C@](C)(NC(=O)OCC2c3ccccc3-c3ccccc32)C(=O)O)c1. The minimum absolute atomic E-state index is 0.0870. The zero-order chi connectivity index (χ0) is 22.7. The summed E-state index contributed by atoms with van der Waals surface area (Å²) in [7, 11) is 1.55. The third kappa shape index (κ3) is 4.17. The molecule has 1 atom stereocenters. The van der Waals surface area contributed by atoms with Crippen LogP contribution in [0.5, 0.6) is 5.75 Å². The van der Waals surface area contributed by atoms with Crippen molar-refractivity contribution in [3.05, 3.63) is 89.5 Å². The summed E-state index contributed by atoms with van der Waals surface area (Å²) in [5.41, 5.74) is 3.65. The van der Waals surface area contributed by atoms with Crippen molar-refractivity contribution >= 4 is 12.1 Å². The van der Waals surface area contributed by atoms with Crippen LogP contribution in [0.1, 0.15) is 29.5 Å². The van der Waals surface area contributed by atoms with Gasteiger partial charge in [0.25, 0.3) is 0 Å². The molecule has 0 heterocycles. The molecule has 4 rings (SSSR count). The molecular weight excluding hydrogens is 406 g/mol. The second kappa shape index (κ2) is 8.75. The number of carbonyl (C=O) groups excluding carboxylic acids is 1. The lowest BCUT2D eigenvalue weighted by Gasteiger charge is -2.26. The van der Waals surface area contributed by atoms with Crippen LogP contribution in [0.4, 0.5) is 4.79 Å². The van der Waals surface area contributed by atoms with Crippen LogP contribution in [0.3, 0.4) is 0 Å². The Morgan fingerprint density at radius 2 is 1.59 bits per heavy atom. The molecule has 0 spiro atoms. The lowest BCUT2D eigenvalue weighted by molar-refractivity contribution is -0.143. The molecule has 6 heteroatoms. The topological polar surface area (TPSA) is 84.9 Å². The number of nitrogens with one attached hydrogen (secondary N) is 1. The number of fused-ring (bicyclic) bond motifs is 3. The van der Waals surface area contributed by atoms with Gasteiger partial charge in [0, 0.05) is 12.3 Å². The molecule has 0 aliphatic heterocycles. The number of ether oxygens (including phenoxy) is 2. The van der Waals surface area contributed by atoms with Crippen molar-refractivity contribution in [1.29, 1.82) is 0 Å². The highest BCUT2D eigenvalue weighted by Gasteiger charge is 2.36. The summed E-state index contributed by atoms with van der Waals surface area (Å²) in [6, 6.07) is 23.2. The van der Waals surface area contributed by atoms with E-state index in [0.29, 0.717) is 5.75 Å². The second-order valence-electron chi connectivity index (χ2n) is 8.12. The van der Waals surface area contributed by atoms with Gasteiger partial charge in [-0.2, -0.15) is 0 Å². The first-order chi connectivity index (χ1) is 15.4. The normalized spacial score (nSPS) is 14.1. The van der Waals surface area contributed by atoms with Gasteiger partial charge >= 0.3 is 12.1 Å². The largest absolute Gasteiger partial charge is 0.497 e. The fourth-order valence-electron chi connectivity index (χ4n) is 4.22. The van der Waals surface area contributed by atoms with E-state index in [4.69, 9.17) is 9.47 Å². The molecule has 3 aromatic rings. The Morgan fingerprint density at radius 3 is 2.19 bits per heavy atom. The lowest BCUT2D eigenvalue weighted by atomic mass is 9.93. The highest BCUT2D eigenvalue weighted by molar-refractivity contribution is 5.84. The highest BCUT2D eigenvalue weighted by Crippen LogP contribution is 2.44. The van der Waals surface area contributed by atoms with Gasteiger partial charge in [-0.15, -0.1) is 0 Å². The smallest absolute Gasteiger partial charge is 0.408 e. The standard InChI is InChI=1S/C26H25NO5/c1-26(24(28)29,15-17-8-7-9-18(14-17)31-2)27-25(30)32-16-23-21-12-5-3-10-19(21)20-11-4-6-13-22(20)23/h3-14,23H,15-16H2,1-2H3,(H,27,30)(H,28,29)/t26-/m0/s1. The molecule has 1 aliphatic rings. The van der Waals surface area contributed by atoms with Gasteiger partial charge in [0.2, 0.25) is 0 Å². The molecule has 6 nitrogen and oxygen atoms in total. The van der Waals surface area contributed by atoms with Crippen molar-refractivity contribution in [3.8, 4) is 16.9 Å². The average Bonchev–Trinajstić information content (AvgIpc) is 3.11. The summed E-state index contributed by atoms with van der Waals surface area (Å²) < 4.78 is 10.7. The summed E-state index contributed by atoms with van der Waals surface area (Å²) in [4.78, 5) is 24.6. The van der Waals surface area contributed by atoms with Crippen LogP contribution in [0, 0.1) is 0 Å². The van der Waals surface area contributed by atoms with E-state index in [1.807, 2.05) is 36.4 Å². The van der Waals surface area contributed by atoms with Crippen molar-refractivity contribution in [1.82, 2.24) is 5.32 Å². The molecule has 1 amide bonds. The molecule has 0 fully saturated rings. The van der Waals surface area contributed by atoms with E-state index in [9.17, 15) is 14.7 Å². The second-order valence-corrected chi connectivity index (χ2v) is 8.12. The monoisotopic (exact) mass is 431 g/mol. The third-order valence-corrected chi connectivity index (χ3v) is 5.89. The molecule has 0 saturated carbocycles. The quantitative estimate of drug-likeness (QED) is 0.570. The number of methoxy groups -OCH3 is 1. The molecule has 0 saturated heterocycles. The molecule has 32 heavy (non-hydrogen) atoms. The minimum atomic E-state index is -1.53. The number of benzene rings is 3. The first-order valence-electron chi connectivity index (χ1n) is 10.4. The first kappa shape index (κ1) is 21.4. The lowest BCUT2D eigenvalue weighted by Crippen LogP contribution is -2.54. The molecule has 0 radical (unpaired) electrons. The molecule has 2 N–H and O–H groups in total. The highest BCUT2D eigenvalue weighted by atomic mass is 16.5. The van der Waals surface area contributed by atoms with E-state index < -0.39 is 17.6 Å². The first-order valence-corrected chi connectivity index (χ1v) is 10.4. The van der Waals surface area contributed by atoms with Crippen LogP contribution in [0.15, 0.2) is 72.8 Å². The number of hydrogen-bond donors (Lipinski definition) is 2. The number of rotatable bonds is 7. The Balaban J connectivity index is 1.47. The maximum atomic E-state index is 12.6. The van der Waals surface area contributed by atoms with Gasteiger partial charge in [0.1, 0.15) is 17.9 Å². The van der Waals surface area contributed by atoms with Crippen molar-refractivity contribution in [2.45, 2.75) is 24.8 Å². The summed E-state index contributed by atoms with van der Waals surface area (Å²) in [6.07, 6.45) is -0.677. The van der Waals surface area contributed by atoms with Crippen LogP contribution in [0.2, 0.25) is 0 Å². The predicted molar refractivity (Wildman–Crippen MR) is 121 cm³/mol. The van der Waals surface area contributed by atoms with Crippen LogP contribution in [-0.2, 0) is 16.0 Å². The van der Waals surface area contributed by atoms with E-state index in [0.717, 1.165) is 27.8 Å². The van der Waals surface area contributed by atoms with Crippen LogP contribution >= 0.6 is 0 Å². The maximum absolute atomic E-state index is 12.6. The van der Waals surface area contributed by atoms with Crippen molar-refractivity contribution in [2.24, 2.45) is 0 Å². The Bertz CT molecular complexity index is 1110. The van der Waals surface area contributed by atoms with E-state index in [-0.39, 0.29) is 18.9 Å². The van der Waals surface area contributed by atoms with Gasteiger partial charge in [-0.25, -0.2) is 9.59 Å². The van der Waals surface area contributed by atoms with Gasteiger partial charge in [-0.1, -0.05) is 60.7 Å². The van der Waals surface area contributed by atoms with E-state index >= 15 is 0 Å². The molecule has 0 bridgehead atoms. The van der Waals surface area contributed by atoms with E-state index in [1.54, 1.807) is 31.4 Å². The number of hydrogen-bond acceptors (Lipinski definition) is 4. The Labute approximate surface area is 186 Å². The molecule has 0 aromatic heterocycles. The third-order valence-electron chi connectivity index (χ3n) is 5.89. The zero-order valence-electron chi connectivity index (χ0n) is 18.0. The minimum Gasteiger partial charge on any atom is -0.497 e. The maximum Gasteiger partial charge on any atom is 0.408 e. The summed E-state index contributed by atoms with van der Waals surface area (Å²) in [6.45, 7) is 1.59. The van der Waals surface area contributed by atoms with Crippen LogP contribution in [-0.4, -0.2) is 36.4 Å². The van der Waals surface area contributed by atoms with Crippen LogP contribution in [0.25, 0.3) is 11.1 Å². The molecule has 164 valence electrons. The Hall–Kier alpha value is -3.80. The summed E-state index contributed by atoms with van der Waals surface area (Å²) >= 11 is 0.